The van der Waals surface area contributed by atoms with Crippen LogP contribution in [-0.4, -0.2) is 56.1 Å². The highest BCUT2D eigenvalue weighted by Gasteiger charge is 2.31. The number of nitrogens with one attached hydrogen (secondary N) is 1. The Morgan fingerprint density at radius 1 is 1.55 bits per heavy atom. The predicted molar refractivity (Wildman–Crippen MR) is 70.5 cm³/mol. The standard InChI is InChI=1S/C11H12N6O2S/c1-7-10(18)12-3-4-16(7)11(19)9-8(2-5-20-9)17-6-13-14-15-17/h2,5-7H,3-4H2,1H3,(H,12,18). The quantitative estimate of drug-likeness (QED) is 0.819. The van der Waals surface area contributed by atoms with Crippen molar-refractivity contribution in [2.45, 2.75) is 13.0 Å². The predicted octanol–water partition coefficient (Wildman–Crippen LogP) is -0.316. The fourth-order valence-corrected chi connectivity index (χ4v) is 2.94. The van der Waals surface area contributed by atoms with Crippen molar-refractivity contribution < 1.29 is 9.59 Å². The molecule has 0 aliphatic carbocycles. The molecule has 0 aromatic carbocycles. The Hall–Kier alpha value is -2.29. The molecule has 8 nitrogen and oxygen atoms in total. The molecule has 1 atom stereocenters. The van der Waals surface area contributed by atoms with E-state index >= 15 is 0 Å². The molecule has 2 aromatic rings. The number of piperazine rings is 1. The maximum atomic E-state index is 12.6. The van der Waals surface area contributed by atoms with E-state index in [4.69, 9.17) is 0 Å². The Bertz CT molecular complexity index is 637. The molecule has 1 aliphatic rings. The molecule has 9 heteroatoms. The fraction of sp³-hybridized carbons (Fsp3) is 0.364. The zero-order chi connectivity index (χ0) is 14.1. The van der Waals surface area contributed by atoms with E-state index in [1.807, 2.05) is 0 Å². The van der Waals surface area contributed by atoms with Crippen molar-refractivity contribution in [2.75, 3.05) is 13.1 Å². The van der Waals surface area contributed by atoms with Crippen LogP contribution < -0.4 is 5.32 Å². The first kappa shape index (κ1) is 12.7. The van der Waals surface area contributed by atoms with Gasteiger partial charge in [-0.05, 0) is 28.8 Å². The third-order valence-electron chi connectivity index (χ3n) is 3.19. The number of tetrazole rings is 1. The molecular weight excluding hydrogens is 280 g/mol. The molecule has 1 saturated heterocycles. The van der Waals surface area contributed by atoms with E-state index in [1.165, 1.54) is 22.3 Å². The summed E-state index contributed by atoms with van der Waals surface area (Å²) in [6.07, 6.45) is 1.44. The maximum Gasteiger partial charge on any atom is 0.266 e. The van der Waals surface area contributed by atoms with Gasteiger partial charge in [0.05, 0.1) is 5.69 Å². The van der Waals surface area contributed by atoms with E-state index in [1.54, 1.807) is 23.3 Å². The van der Waals surface area contributed by atoms with Gasteiger partial charge in [-0.15, -0.1) is 16.4 Å². The van der Waals surface area contributed by atoms with Crippen molar-refractivity contribution in [3.63, 3.8) is 0 Å². The first-order valence-electron chi connectivity index (χ1n) is 6.08. The number of amides is 2. The summed E-state index contributed by atoms with van der Waals surface area (Å²) in [4.78, 5) is 26.4. The number of hydrogen-bond acceptors (Lipinski definition) is 6. The van der Waals surface area contributed by atoms with Crippen molar-refractivity contribution in [2.24, 2.45) is 0 Å². The zero-order valence-electron chi connectivity index (χ0n) is 10.7. The molecule has 3 rings (SSSR count). The molecule has 0 bridgehead atoms. The second-order valence-electron chi connectivity index (χ2n) is 4.35. The molecule has 2 amide bonds. The number of thiophene rings is 1. The average Bonchev–Trinajstić information content (AvgIpc) is 3.10. The second kappa shape index (κ2) is 5.00. The number of carbonyl (C=O) groups is 2. The summed E-state index contributed by atoms with van der Waals surface area (Å²) >= 11 is 1.31. The van der Waals surface area contributed by atoms with E-state index < -0.39 is 6.04 Å². The summed E-state index contributed by atoms with van der Waals surface area (Å²) in [6, 6.07) is 1.31. The highest BCUT2D eigenvalue weighted by Crippen LogP contribution is 2.23. The third-order valence-corrected chi connectivity index (χ3v) is 4.09. The van der Waals surface area contributed by atoms with E-state index in [0.717, 1.165) is 0 Å². The van der Waals surface area contributed by atoms with Gasteiger partial charge < -0.3 is 10.2 Å². The molecule has 1 unspecified atom stereocenters. The zero-order valence-corrected chi connectivity index (χ0v) is 11.5. The third kappa shape index (κ3) is 2.05. The van der Waals surface area contributed by atoms with Gasteiger partial charge in [0.1, 0.15) is 17.2 Å². The summed E-state index contributed by atoms with van der Waals surface area (Å²) in [6.45, 7) is 2.69. The molecule has 104 valence electrons. The van der Waals surface area contributed by atoms with E-state index in [9.17, 15) is 9.59 Å². The molecule has 2 aromatic heterocycles. The molecule has 1 fully saturated rings. The number of carbonyl (C=O) groups excluding carboxylic acids is 2. The Morgan fingerprint density at radius 2 is 2.40 bits per heavy atom. The van der Waals surface area contributed by atoms with Crippen LogP contribution in [0.5, 0.6) is 0 Å². The van der Waals surface area contributed by atoms with Gasteiger partial charge in [-0.2, -0.15) is 4.68 Å². The number of aromatic nitrogens is 4. The van der Waals surface area contributed by atoms with Crippen molar-refractivity contribution in [1.82, 2.24) is 30.4 Å². The summed E-state index contributed by atoms with van der Waals surface area (Å²) in [5.41, 5.74) is 0.628. The van der Waals surface area contributed by atoms with Crippen molar-refractivity contribution in [3.8, 4) is 5.69 Å². The van der Waals surface area contributed by atoms with Crippen LogP contribution in [0.15, 0.2) is 17.8 Å². The van der Waals surface area contributed by atoms with Crippen molar-refractivity contribution in [1.29, 1.82) is 0 Å². The van der Waals surface area contributed by atoms with E-state index in [0.29, 0.717) is 23.7 Å². The molecule has 0 saturated carbocycles. The van der Waals surface area contributed by atoms with Crippen LogP contribution >= 0.6 is 11.3 Å². The minimum absolute atomic E-state index is 0.134. The lowest BCUT2D eigenvalue weighted by atomic mass is 10.2. The van der Waals surface area contributed by atoms with E-state index in [-0.39, 0.29) is 11.8 Å². The lowest BCUT2D eigenvalue weighted by Crippen LogP contribution is -2.55. The van der Waals surface area contributed by atoms with Gasteiger partial charge in [-0.3, -0.25) is 9.59 Å². The second-order valence-corrected chi connectivity index (χ2v) is 5.27. The fourth-order valence-electron chi connectivity index (χ4n) is 2.10. The Labute approximate surface area is 118 Å². The minimum Gasteiger partial charge on any atom is -0.353 e. The monoisotopic (exact) mass is 292 g/mol. The van der Waals surface area contributed by atoms with Crippen LogP contribution in [-0.2, 0) is 4.79 Å². The van der Waals surface area contributed by atoms with Gasteiger partial charge >= 0.3 is 0 Å². The molecular formula is C11H12N6O2S. The van der Waals surface area contributed by atoms with Gasteiger partial charge in [0.2, 0.25) is 5.91 Å². The topological polar surface area (TPSA) is 93.0 Å². The molecule has 0 radical (unpaired) electrons. The number of nitrogens with zero attached hydrogens (tertiary/aromatic N) is 5. The molecule has 3 heterocycles. The van der Waals surface area contributed by atoms with Crippen molar-refractivity contribution in [3.05, 3.63) is 22.7 Å². The largest absolute Gasteiger partial charge is 0.353 e. The smallest absolute Gasteiger partial charge is 0.266 e. The van der Waals surface area contributed by atoms with Crippen LogP contribution in [0.4, 0.5) is 0 Å². The number of rotatable bonds is 2. The van der Waals surface area contributed by atoms with E-state index in [2.05, 4.69) is 20.8 Å². The SMILES string of the molecule is CC1C(=O)NCCN1C(=O)c1sccc1-n1cnnn1. The van der Waals surface area contributed by atoms with Gasteiger partial charge in [0.15, 0.2) is 0 Å². The minimum atomic E-state index is -0.472. The first-order valence-corrected chi connectivity index (χ1v) is 6.96. The first-order chi connectivity index (χ1) is 9.68. The van der Waals surface area contributed by atoms with Gasteiger partial charge in [0, 0.05) is 13.1 Å². The number of hydrogen-bond donors (Lipinski definition) is 1. The van der Waals surface area contributed by atoms with Crippen LogP contribution in [0, 0.1) is 0 Å². The van der Waals surface area contributed by atoms with Crippen LogP contribution in [0.25, 0.3) is 5.69 Å². The van der Waals surface area contributed by atoms with Crippen LogP contribution in [0.2, 0.25) is 0 Å². The van der Waals surface area contributed by atoms with Gasteiger partial charge in [0.25, 0.3) is 5.91 Å². The Morgan fingerprint density at radius 3 is 3.15 bits per heavy atom. The van der Waals surface area contributed by atoms with Crippen molar-refractivity contribution >= 4 is 23.2 Å². The molecule has 1 aliphatic heterocycles. The lowest BCUT2D eigenvalue weighted by molar-refractivity contribution is -0.127. The lowest BCUT2D eigenvalue weighted by Gasteiger charge is -2.32. The maximum absolute atomic E-state index is 12.6. The van der Waals surface area contributed by atoms with Gasteiger partial charge in [-0.1, -0.05) is 0 Å². The normalized spacial score (nSPS) is 18.9. The molecule has 0 spiro atoms. The Balaban J connectivity index is 1.92. The average molecular weight is 292 g/mol. The summed E-state index contributed by atoms with van der Waals surface area (Å²) in [5.74, 6) is -0.307. The molecule has 20 heavy (non-hydrogen) atoms. The highest BCUT2D eigenvalue weighted by molar-refractivity contribution is 7.12. The summed E-state index contributed by atoms with van der Waals surface area (Å²) in [5, 5.41) is 15.5. The highest BCUT2D eigenvalue weighted by atomic mass is 32.1. The molecule has 1 N–H and O–H groups in total. The van der Waals surface area contributed by atoms with Crippen LogP contribution in [0.3, 0.4) is 0 Å². The Kier molecular flexibility index (Phi) is 3.18. The summed E-state index contributed by atoms with van der Waals surface area (Å²) in [7, 11) is 0. The van der Waals surface area contributed by atoms with Crippen LogP contribution in [0.1, 0.15) is 16.6 Å². The summed E-state index contributed by atoms with van der Waals surface area (Å²) < 4.78 is 1.44. The van der Waals surface area contributed by atoms with Gasteiger partial charge in [-0.25, -0.2) is 0 Å².